The van der Waals surface area contributed by atoms with Crippen molar-refractivity contribution in [1.29, 1.82) is 0 Å². The van der Waals surface area contributed by atoms with Crippen molar-refractivity contribution in [3.8, 4) is 0 Å². The van der Waals surface area contributed by atoms with Gasteiger partial charge in [0.25, 0.3) is 0 Å². The zero-order valence-corrected chi connectivity index (χ0v) is 9.81. The van der Waals surface area contributed by atoms with E-state index in [4.69, 9.17) is 5.73 Å². The number of aryl methyl sites for hydroxylation is 1. The molecule has 0 saturated heterocycles. The zero-order chi connectivity index (χ0) is 12.0. The number of hydrogen-bond donors (Lipinski definition) is 2. The molecule has 1 atom stereocenters. The minimum absolute atomic E-state index is 0.0360. The summed E-state index contributed by atoms with van der Waals surface area (Å²) in [5, 5.41) is 6.94. The summed E-state index contributed by atoms with van der Waals surface area (Å²) in [6, 6.07) is 0. The monoisotopic (exact) mass is 225 g/mol. The largest absolute Gasteiger partial charge is 0.356 e. The van der Waals surface area contributed by atoms with Crippen LogP contribution in [0.15, 0.2) is 6.33 Å². The molecule has 0 bridgehead atoms. The van der Waals surface area contributed by atoms with E-state index >= 15 is 0 Å². The molecule has 16 heavy (non-hydrogen) atoms. The van der Waals surface area contributed by atoms with E-state index in [0.717, 1.165) is 5.82 Å². The van der Waals surface area contributed by atoms with Crippen molar-refractivity contribution in [2.24, 2.45) is 18.7 Å². The topological polar surface area (TPSA) is 85.8 Å². The Morgan fingerprint density at radius 2 is 2.44 bits per heavy atom. The maximum atomic E-state index is 11.4. The maximum Gasteiger partial charge on any atom is 0.220 e. The molecule has 90 valence electrons. The number of carbonyl (C=O) groups excluding carboxylic acids is 1. The minimum Gasteiger partial charge on any atom is -0.356 e. The lowest BCUT2D eigenvalue weighted by Crippen LogP contribution is -2.29. The standard InChI is InChI=1S/C10H19N5O/c1-8(6-11)5-10(16)12-4-3-9-13-7-15(2)14-9/h7-8H,3-6,11H2,1-2H3,(H,12,16). The van der Waals surface area contributed by atoms with Crippen LogP contribution in [-0.2, 0) is 18.3 Å². The molecule has 0 aromatic carbocycles. The number of amides is 1. The third-order valence-electron chi connectivity index (χ3n) is 2.25. The molecule has 3 N–H and O–H groups in total. The summed E-state index contributed by atoms with van der Waals surface area (Å²) in [7, 11) is 1.82. The highest BCUT2D eigenvalue weighted by Gasteiger charge is 2.07. The van der Waals surface area contributed by atoms with Crippen molar-refractivity contribution in [3.63, 3.8) is 0 Å². The average molecular weight is 225 g/mol. The summed E-state index contributed by atoms with van der Waals surface area (Å²) in [6.07, 6.45) is 2.78. The molecule has 1 heterocycles. The first-order valence-electron chi connectivity index (χ1n) is 5.43. The molecule has 1 aromatic heterocycles. The second-order valence-electron chi connectivity index (χ2n) is 3.98. The van der Waals surface area contributed by atoms with E-state index in [1.54, 1.807) is 11.0 Å². The molecule has 0 aliphatic carbocycles. The highest BCUT2D eigenvalue weighted by molar-refractivity contribution is 5.76. The van der Waals surface area contributed by atoms with E-state index in [9.17, 15) is 4.79 Å². The molecule has 1 rings (SSSR count). The van der Waals surface area contributed by atoms with Gasteiger partial charge in [0.05, 0.1) is 0 Å². The molecule has 0 saturated carbocycles. The Morgan fingerprint density at radius 3 is 3.00 bits per heavy atom. The minimum atomic E-state index is 0.0360. The van der Waals surface area contributed by atoms with Crippen LogP contribution in [0, 0.1) is 5.92 Å². The number of nitrogens with two attached hydrogens (primary N) is 1. The van der Waals surface area contributed by atoms with Gasteiger partial charge >= 0.3 is 0 Å². The Kier molecular flexibility index (Phi) is 4.91. The van der Waals surface area contributed by atoms with Gasteiger partial charge in [-0.25, -0.2) is 4.98 Å². The lowest BCUT2D eigenvalue weighted by atomic mass is 10.1. The van der Waals surface area contributed by atoms with E-state index in [1.807, 2.05) is 14.0 Å². The fourth-order valence-corrected chi connectivity index (χ4v) is 1.28. The lowest BCUT2D eigenvalue weighted by molar-refractivity contribution is -0.121. The van der Waals surface area contributed by atoms with E-state index in [0.29, 0.717) is 25.9 Å². The summed E-state index contributed by atoms with van der Waals surface area (Å²) in [5.41, 5.74) is 5.44. The quantitative estimate of drug-likeness (QED) is 0.680. The van der Waals surface area contributed by atoms with E-state index in [-0.39, 0.29) is 11.8 Å². The molecule has 1 aromatic rings. The summed E-state index contributed by atoms with van der Waals surface area (Å²) in [4.78, 5) is 15.5. The third-order valence-corrected chi connectivity index (χ3v) is 2.25. The van der Waals surface area contributed by atoms with Gasteiger partial charge in [-0.3, -0.25) is 9.48 Å². The predicted molar refractivity (Wildman–Crippen MR) is 60.6 cm³/mol. The van der Waals surface area contributed by atoms with Gasteiger partial charge in [-0.2, -0.15) is 5.10 Å². The van der Waals surface area contributed by atoms with Crippen LogP contribution in [0.1, 0.15) is 19.2 Å². The van der Waals surface area contributed by atoms with Gasteiger partial charge in [0, 0.05) is 26.4 Å². The number of nitrogens with zero attached hydrogens (tertiary/aromatic N) is 3. The molecular weight excluding hydrogens is 206 g/mol. The van der Waals surface area contributed by atoms with Crippen LogP contribution in [0.2, 0.25) is 0 Å². The smallest absolute Gasteiger partial charge is 0.220 e. The third kappa shape index (κ3) is 4.39. The maximum absolute atomic E-state index is 11.4. The molecule has 6 heteroatoms. The van der Waals surface area contributed by atoms with Crippen LogP contribution < -0.4 is 11.1 Å². The predicted octanol–water partition coefficient (Wildman–Crippen LogP) is -0.541. The Balaban J connectivity index is 2.18. The SMILES string of the molecule is CC(CN)CC(=O)NCCc1ncn(C)n1. The van der Waals surface area contributed by atoms with Crippen molar-refractivity contribution in [2.45, 2.75) is 19.8 Å². The molecule has 6 nitrogen and oxygen atoms in total. The second kappa shape index (κ2) is 6.22. The van der Waals surface area contributed by atoms with Gasteiger partial charge in [-0.15, -0.1) is 0 Å². The van der Waals surface area contributed by atoms with E-state index in [2.05, 4.69) is 15.4 Å². The molecular formula is C10H19N5O. The molecule has 1 unspecified atom stereocenters. The van der Waals surface area contributed by atoms with Crippen LogP contribution >= 0.6 is 0 Å². The number of nitrogens with one attached hydrogen (secondary N) is 1. The first-order chi connectivity index (χ1) is 7.61. The van der Waals surface area contributed by atoms with Gasteiger partial charge in [0.1, 0.15) is 6.33 Å². The van der Waals surface area contributed by atoms with Crippen LogP contribution in [0.4, 0.5) is 0 Å². The number of carbonyl (C=O) groups is 1. The van der Waals surface area contributed by atoms with Crippen LogP contribution in [0.25, 0.3) is 0 Å². The fraction of sp³-hybridized carbons (Fsp3) is 0.700. The Morgan fingerprint density at radius 1 is 1.69 bits per heavy atom. The molecule has 0 fully saturated rings. The first-order valence-corrected chi connectivity index (χ1v) is 5.43. The van der Waals surface area contributed by atoms with Crippen molar-refractivity contribution in [2.75, 3.05) is 13.1 Å². The lowest BCUT2D eigenvalue weighted by Gasteiger charge is -2.08. The van der Waals surface area contributed by atoms with Crippen molar-refractivity contribution >= 4 is 5.91 Å². The summed E-state index contributed by atoms with van der Waals surface area (Å²) >= 11 is 0. The number of aromatic nitrogens is 3. The molecule has 1 amide bonds. The summed E-state index contributed by atoms with van der Waals surface area (Å²) < 4.78 is 1.65. The van der Waals surface area contributed by atoms with Gasteiger partial charge < -0.3 is 11.1 Å². The highest BCUT2D eigenvalue weighted by atomic mass is 16.1. The van der Waals surface area contributed by atoms with E-state index < -0.39 is 0 Å². The Bertz CT molecular complexity index is 336. The van der Waals surface area contributed by atoms with Gasteiger partial charge in [-0.1, -0.05) is 6.92 Å². The normalized spacial score (nSPS) is 12.4. The van der Waals surface area contributed by atoms with E-state index in [1.165, 1.54) is 0 Å². The number of hydrogen-bond acceptors (Lipinski definition) is 4. The molecule has 0 radical (unpaired) electrons. The molecule has 0 aliphatic heterocycles. The first kappa shape index (κ1) is 12.6. The summed E-state index contributed by atoms with van der Waals surface area (Å²) in [5.74, 6) is 1.01. The van der Waals surface area contributed by atoms with Crippen LogP contribution in [0.3, 0.4) is 0 Å². The molecule has 0 aliphatic rings. The summed E-state index contributed by atoms with van der Waals surface area (Å²) in [6.45, 7) is 3.06. The fourth-order valence-electron chi connectivity index (χ4n) is 1.28. The van der Waals surface area contributed by atoms with Crippen LogP contribution in [0.5, 0.6) is 0 Å². The van der Waals surface area contributed by atoms with Crippen molar-refractivity contribution in [1.82, 2.24) is 20.1 Å². The zero-order valence-electron chi connectivity index (χ0n) is 9.81. The van der Waals surface area contributed by atoms with Gasteiger partial charge in [0.15, 0.2) is 5.82 Å². The number of rotatable bonds is 6. The highest BCUT2D eigenvalue weighted by Crippen LogP contribution is 1.98. The van der Waals surface area contributed by atoms with Crippen molar-refractivity contribution < 1.29 is 4.79 Å². The molecule has 0 spiro atoms. The second-order valence-corrected chi connectivity index (χ2v) is 3.98. The van der Waals surface area contributed by atoms with Gasteiger partial charge in [-0.05, 0) is 12.5 Å². The van der Waals surface area contributed by atoms with Crippen LogP contribution in [-0.4, -0.2) is 33.8 Å². The Hall–Kier alpha value is -1.43. The Labute approximate surface area is 95.2 Å². The average Bonchev–Trinajstić information content (AvgIpc) is 2.64. The van der Waals surface area contributed by atoms with Crippen molar-refractivity contribution in [3.05, 3.63) is 12.2 Å². The van der Waals surface area contributed by atoms with Gasteiger partial charge in [0.2, 0.25) is 5.91 Å².